The van der Waals surface area contributed by atoms with Crippen LogP contribution in [-0.2, 0) is 9.59 Å². The van der Waals surface area contributed by atoms with Crippen LogP contribution in [0, 0.1) is 0 Å². The van der Waals surface area contributed by atoms with E-state index in [9.17, 15) is 9.59 Å². The summed E-state index contributed by atoms with van der Waals surface area (Å²) in [6.45, 7) is 0. The molecule has 2 aromatic rings. The minimum Gasteiger partial charge on any atom is -0.369 e. The quantitative estimate of drug-likeness (QED) is 0.820. The highest BCUT2D eigenvalue weighted by Crippen LogP contribution is 2.24. The molecule has 0 aliphatic rings. The number of anilines is 1. The lowest BCUT2D eigenvalue weighted by Gasteiger charge is -1.98. The van der Waals surface area contributed by atoms with Crippen LogP contribution in [-0.4, -0.2) is 16.8 Å². The molecule has 0 unspecified atom stereocenters. The maximum atomic E-state index is 11.3. The number of hydrogen-bond donors (Lipinski definition) is 2. The van der Waals surface area contributed by atoms with Gasteiger partial charge in [0.25, 0.3) is 0 Å². The molecule has 0 radical (unpaired) electrons. The van der Waals surface area contributed by atoms with Crippen molar-refractivity contribution in [3.05, 3.63) is 35.7 Å². The number of carbonyl (C=O) groups is 2. The van der Waals surface area contributed by atoms with Crippen LogP contribution >= 0.6 is 11.3 Å². The van der Waals surface area contributed by atoms with E-state index in [0.29, 0.717) is 5.13 Å². The van der Waals surface area contributed by atoms with E-state index in [1.165, 1.54) is 11.3 Å². The van der Waals surface area contributed by atoms with Gasteiger partial charge in [0, 0.05) is 10.9 Å². The molecular weight excluding hydrogens is 250 g/mol. The molecule has 0 saturated heterocycles. The summed E-state index contributed by atoms with van der Waals surface area (Å²) in [4.78, 5) is 26.2. The number of rotatable bonds is 4. The van der Waals surface area contributed by atoms with Gasteiger partial charge >= 0.3 is 0 Å². The Morgan fingerprint density at radius 2 is 2.00 bits per heavy atom. The van der Waals surface area contributed by atoms with Gasteiger partial charge < -0.3 is 11.1 Å². The lowest BCUT2D eigenvalue weighted by Crippen LogP contribution is -2.21. The highest BCUT2D eigenvalue weighted by molar-refractivity contribution is 7.14. The summed E-state index contributed by atoms with van der Waals surface area (Å²) in [5.41, 5.74) is 6.69. The summed E-state index contributed by atoms with van der Waals surface area (Å²) >= 11 is 1.30. The Bertz CT molecular complexity index is 566. The number of amides is 2. The Balaban J connectivity index is 2.07. The fraction of sp³-hybridized carbons (Fsp3) is 0.0833. The Kier molecular flexibility index (Phi) is 3.69. The van der Waals surface area contributed by atoms with Crippen LogP contribution in [0.4, 0.5) is 5.13 Å². The number of hydrogen-bond acceptors (Lipinski definition) is 4. The van der Waals surface area contributed by atoms with Crippen molar-refractivity contribution in [3.63, 3.8) is 0 Å². The third kappa shape index (κ3) is 3.14. The van der Waals surface area contributed by atoms with E-state index in [-0.39, 0.29) is 6.42 Å². The van der Waals surface area contributed by atoms with Gasteiger partial charge in [0.1, 0.15) is 6.42 Å². The molecule has 18 heavy (non-hydrogen) atoms. The number of primary amides is 1. The van der Waals surface area contributed by atoms with Crippen LogP contribution in [0.5, 0.6) is 0 Å². The molecule has 1 aromatic heterocycles. The number of nitrogens with zero attached hydrogens (tertiary/aromatic N) is 1. The Labute approximate surface area is 108 Å². The molecule has 0 spiro atoms. The largest absolute Gasteiger partial charge is 0.369 e. The van der Waals surface area contributed by atoms with Gasteiger partial charge in [0.2, 0.25) is 11.8 Å². The predicted molar refractivity (Wildman–Crippen MR) is 70.0 cm³/mol. The lowest BCUT2D eigenvalue weighted by molar-refractivity contribution is -0.124. The zero-order valence-corrected chi connectivity index (χ0v) is 10.2. The molecule has 2 amide bonds. The van der Waals surface area contributed by atoms with Crippen molar-refractivity contribution in [2.45, 2.75) is 6.42 Å². The molecule has 3 N–H and O–H groups in total. The molecule has 1 aromatic carbocycles. The van der Waals surface area contributed by atoms with Gasteiger partial charge in [-0.1, -0.05) is 30.3 Å². The van der Waals surface area contributed by atoms with E-state index in [1.807, 2.05) is 35.7 Å². The van der Waals surface area contributed by atoms with Crippen molar-refractivity contribution in [3.8, 4) is 11.3 Å². The summed E-state index contributed by atoms with van der Waals surface area (Å²) in [6.07, 6.45) is -0.333. The number of benzene rings is 1. The molecule has 0 atom stereocenters. The number of nitrogens with two attached hydrogens (primary N) is 1. The molecular formula is C12H11N3O2S. The van der Waals surface area contributed by atoms with Crippen LogP contribution in [0.25, 0.3) is 11.3 Å². The molecule has 2 rings (SSSR count). The fourth-order valence-electron chi connectivity index (χ4n) is 1.39. The topological polar surface area (TPSA) is 85.1 Å². The van der Waals surface area contributed by atoms with Gasteiger partial charge in [-0.3, -0.25) is 9.59 Å². The SMILES string of the molecule is NC(=O)CC(=O)Nc1nc(-c2ccccc2)cs1. The van der Waals surface area contributed by atoms with E-state index in [0.717, 1.165) is 11.3 Å². The highest BCUT2D eigenvalue weighted by Gasteiger charge is 2.09. The third-order valence-electron chi connectivity index (χ3n) is 2.15. The minimum absolute atomic E-state index is 0.333. The van der Waals surface area contributed by atoms with Gasteiger partial charge in [-0.25, -0.2) is 4.98 Å². The summed E-state index contributed by atoms with van der Waals surface area (Å²) in [6, 6.07) is 9.62. The molecule has 0 aliphatic heterocycles. The van der Waals surface area contributed by atoms with Crippen molar-refractivity contribution < 1.29 is 9.59 Å². The number of thiazole rings is 1. The first-order chi connectivity index (χ1) is 8.65. The zero-order valence-electron chi connectivity index (χ0n) is 9.42. The van der Waals surface area contributed by atoms with E-state index in [1.54, 1.807) is 0 Å². The standard InChI is InChI=1S/C12H11N3O2S/c13-10(16)6-11(17)15-12-14-9(7-18-12)8-4-2-1-3-5-8/h1-5,7H,6H2,(H2,13,16)(H,14,15,17). The van der Waals surface area contributed by atoms with E-state index in [4.69, 9.17) is 5.73 Å². The van der Waals surface area contributed by atoms with Crippen molar-refractivity contribution in [2.24, 2.45) is 5.73 Å². The summed E-state index contributed by atoms with van der Waals surface area (Å²) in [7, 11) is 0. The van der Waals surface area contributed by atoms with Crippen LogP contribution in [0.1, 0.15) is 6.42 Å². The first kappa shape index (κ1) is 12.3. The van der Waals surface area contributed by atoms with E-state index >= 15 is 0 Å². The minimum atomic E-state index is -0.660. The van der Waals surface area contributed by atoms with Crippen molar-refractivity contribution >= 4 is 28.3 Å². The maximum absolute atomic E-state index is 11.3. The number of carbonyl (C=O) groups excluding carboxylic acids is 2. The van der Waals surface area contributed by atoms with Gasteiger partial charge in [-0.15, -0.1) is 11.3 Å². The first-order valence-electron chi connectivity index (χ1n) is 5.24. The predicted octanol–water partition coefficient (Wildman–Crippen LogP) is 1.62. The average Bonchev–Trinajstić information content (AvgIpc) is 2.77. The fourth-order valence-corrected chi connectivity index (χ4v) is 2.13. The normalized spacial score (nSPS) is 10.0. The molecule has 0 aliphatic carbocycles. The van der Waals surface area contributed by atoms with Crippen molar-refractivity contribution in [1.82, 2.24) is 4.98 Å². The van der Waals surface area contributed by atoms with Crippen LogP contribution in [0.2, 0.25) is 0 Å². The molecule has 92 valence electrons. The monoisotopic (exact) mass is 261 g/mol. The number of aromatic nitrogens is 1. The Hall–Kier alpha value is -2.21. The van der Waals surface area contributed by atoms with Gasteiger partial charge in [-0.05, 0) is 0 Å². The highest BCUT2D eigenvalue weighted by atomic mass is 32.1. The molecule has 0 fully saturated rings. The second kappa shape index (κ2) is 5.42. The second-order valence-electron chi connectivity index (χ2n) is 3.60. The summed E-state index contributed by atoms with van der Waals surface area (Å²) in [5.74, 6) is -1.11. The van der Waals surface area contributed by atoms with Crippen molar-refractivity contribution in [1.29, 1.82) is 0 Å². The Morgan fingerprint density at radius 3 is 2.67 bits per heavy atom. The Morgan fingerprint density at radius 1 is 1.28 bits per heavy atom. The first-order valence-corrected chi connectivity index (χ1v) is 6.12. The third-order valence-corrected chi connectivity index (χ3v) is 2.91. The van der Waals surface area contributed by atoms with Gasteiger partial charge in [-0.2, -0.15) is 0 Å². The van der Waals surface area contributed by atoms with Crippen LogP contribution in [0.3, 0.4) is 0 Å². The molecule has 5 nitrogen and oxygen atoms in total. The molecule has 6 heteroatoms. The van der Waals surface area contributed by atoms with Crippen LogP contribution in [0.15, 0.2) is 35.7 Å². The molecule has 1 heterocycles. The average molecular weight is 261 g/mol. The van der Waals surface area contributed by atoms with Gasteiger partial charge in [0.05, 0.1) is 5.69 Å². The van der Waals surface area contributed by atoms with E-state index in [2.05, 4.69) is 10.3 Å². The number of nitrogens with one attached hydrogen (secondary N) is 1. The zero-order chi connectivity index (χ0) is 13.0. The molecule has 0 bridgehead atoms. The maximum Gasteiger partial charge on any atom is 0.235 e. The summed E-state index contributed by atoms with van der Waals surface area (Å²) < 4.78 is 0. The van der Waals surface area contributed by atoms with Crippen LogP contribution < -0.4 is 11.1 Å². The summed E-state index contributed by atoms with van der Waals surface area (Å²) in [5, 5.41) is 4.83. The lowest BCUT2D eigenvalue weighted by atomic mass is 10.2. The smallest absolute Gasteiger partial charge is 0.235 e. The molecule has 0 saturated carbocycles. The van der Waals surface area contributed by atoms with E-state index < -0.39 is 11.8 Å². The second-order valence-corrected chi connectivity index (χ2v) is 4.45. The van der Waals surface area contributed by atoms with Crippen molar-refractivity contribution in [2.75, 3.05) is 5.32 Å². The van der Waals surface area contributed by atoms with Gasteiger partial charge in [0.15, 0.2) is 5.13 Å².